The van der Waals surface area contributed by atoms with Crippen molar-refractivity contribution in [2.45, 2.75) is 6.54 Å². The normalized spacial score (nSPS) is 10.3. The van der Waals surface area contributed by atoms with Gasteiger partial charge in [-0.25, -0.2) is 4.98 Å². The van der Waals surface area contributed by atoms with Gasteiger partial charge in [-0.05, 0) is 17.7 Å². The number of benzene rings is 1. The Bertz CT molecular complexity index is 671. The van der Waals surface area contributed by atoms with Gasteiger partial charge in [0, 0.05) is 17.5 Å². The number of aromatic nitrogens is 1. The summed E-state index contributed by atoms with van der Waals surface area (Å²) in [5, 5.41) is 10.8. The largest absolute Gasteiger partial charge is 0.480 e. The summed E-state index contributed by atoms with van der Waals surface area (Å²) in [7, 11) is 0. The fourth-order valence-corrected chi connectivity index (χ4v) is 2.33. The highest BCUT2D eigenvalue weighted by molar-refractivity contribution is 7.13. The monoisotopic (exact) mass is 306 g/mol. The maximum atomic E-state index is 12.5. The van der Waals surface area contributed by atoms with E-state index in [-0.39, 0.29) is 10.9 Å². The number of carboxylic acids is 1. The van der Waals surface area contributed by atoms with Gasteiger partial charge < -0.3 is 16.6 Å². The van der Waals surface area contributed by atoms with Crippen molar-refractivity contribution in [1.82, 2.24) is 4.98 Å². The molecular weight excluding hydrogens is 292 g/mol. The zero-order valence-electron chi connectivity index (χ0n) is 11.0. The molecule has 0 aliphatic carbocycles. The summed E-state index contributed by atoms with van der Waals surface area (Å²) < 4.78 is 0. The van der Waals surface area contributed by atoms with E-state index < -0.39 is 18.4 Å². The minimum atomic E-state index is -1.13. The Kier molecular flexibility index (Phi) is 4.51. The first-order chi connectivity index (χ1) is 10.0. The lowest BCUT2D eigenvalue weighted by Crippen LogP contribution is -2.36. The van der Waals surface area contributed by atoms with Crippen LogP contribution in [0.15, 0.2) is 29.6 Å². The molecule has 1 aromatic heterocycles. The zero-order valence-corrected chi connectivity index (χ0v) is 11.8. The van der Waals surface area contributed by atoms with E-state index >= 15 is 0 Å². The molecule has 7 nitrogen and oxygen atoms in total. The van der Waals surface area contributed by atoms with E-state index in [1.807, 2.05) is 0 Å². The van der Waals surface area contributed by atoms with Crippen molar-refractivity contribution in [1.29, 1.82) is 0 Å². The molecule has 21 heavy (non-hydrogen) atoms. The van der Waals surface area contributed by atoms with Gasteiger partial charge in [-0.1, -0.05) is 12.1 Å². The minimum Gasteiger partial charge on any atom is -0.480 e. The maximum Gasteiger partial charge on any atom is 0.323 e. The van der Waals surface area contributed by atoms with Crippen LogP contribution in [0.3, 0.4) is 0 Å². The fourth-order valence-electron chi connectivity index (χ4n) is 1.78. The fraction of sp³-hybridized carbons (Fsp3) is 0.154. The molecule has 0 saturated carbocycles. The van der Waals surface area contributed by atoms with Gasteiger partial charge in [0.2, 0.25) is 0 Å². The number of thiazole rings is 1. The topological polar surface area (TPSA) is 123 Å². The molecule has 0 fully saturated rings. The number of amides is 1. The average molecular weight is 306 g/mol. The molecule has 2 aromatic rings. The smallest absolute Gasteiger partial charge is 0.323 e. The first-order valence-electron chi connectivity index (χ1n) is 6.05. The second-order valence-corrected chi connectivity index (χ2v) is 5.12. The van der Waals surface area contributed by atoms with Crippen LogP contribution < -0.4 is 16.4 Å². The van der Waals surface area contributed by atoms with Gasteiger partial charge in [0.25, 0.3) is 5.91 Å². The van der Waals surface area contributed by atoms with E-state index in [0.29, 0.717) is 12.1 Å². The first-order valence-corrected chi connectivity index (χ1v) is 6.93. The third-order valence-corrected chi connectivity index (χ3v) is 3.40. The van der Waals surface area contributed by atoms with Gasteiger partial charge in [0.15, 0.2) is 5.13 Å². The molecule has 0 radical (unpaired) electrons. The van der Waals surface area contributed by atoms with Crippen LogP contribution >= 0.6 is 11.3 Å². The maximum absolute atomic E-state index is 12.5. The SMILES string of the molecule is NCc1cccc(C(=O)N(CC(=O)O)c2csc(N)n2)c1. The van der Waals surface area contributed by atoms with Gasteiger partial charge in [-0.15, -0.1) is 11.3 Å². The Hall–Kier alpha value is -2.45. The molecule has 1 aromatic carbocycles. The Morgan fingerprint density at radius 1 is 1.38 bits per heavy atom. The number of anilines is 2. The van der Waals surface area contributed by atoms with Gasteiger partial charge in [-0.2, -0.15) is 0 Å². The van der Waals surface area contributed by atoms with Crippen LogP contribution in [0.4, 0.5) is 10.9 Å². The molecule has 8 heteroatoms. The number of carboxylic acid groups (broad SMARTS) is 1. The highest BCUT2D eigenvalue weighted by atomic mass is 32.1. The highest BCUT2D eigenvalue weighted by Crippen LogP contribution is 2.22. The summed E-state index contributed by atoms with van der Waals surface area (Å²) in [5.74, 6) is -1.37. The number of carbonyl (C=O) groups excluding carboxylic acids is 1. The minimum absolute atomic E-state index is 0.225. The lowest BCUT2D eigenvalue weighted by molar-refractivity contribution is -0.135. The van der Waals surface area contributed by atoms with E-state index in [1.54, 1.807) is 29.6 Å². The summed E-state index contributed by atoms with van der Waals surface area (Å²) in [4.78, 5) is 28.5. The second kappa shape index (κ2) is 6.33. The summed E-state index contributed by atoms with van der Waals surface area (Å²) in [6, 6.07) is 6.72. The molecule has 1 amide bonds. The van der Waals surface area contributed by atoms with Crippen molar-refractivity contribution in [2.75, 3.05) is 17.2 Å². The molecule has 110 valence electrons. The Labute approximate surface area is 124 Å². The number of hydrogen-bond donors (Lipinski definition) is 3. The van der Waals surface area contributed by atoms with Crippen molar-refractivity contribution in [3.63, 3.8) is 0 Å². The molecule has 1 heterocycles. The zero-order chi connectivity index (χ0) is 15.4. The summed E-state index contributed by atoms with van der Waals surface area (Å²) in [6.07, 6.45) is 0. The van der Waals surface area contributed by atoms with Crippen molar-refractivity contribution >= 4 is 34.2 Å². The molecule has 0 bridgehead atoms. The number of nitrogen functional groups attached to an aromatic ring is 1. The summed E-state index contributed by atoms with van der Waals surface area (Å²) >= 11 is 1.14. The predicted octanol–water partition coefficient (Wildman–Crippen LogP) is 0.915. The van der Waals surface area contributed by atoms with Gasteiger partial charge in [-0.3, -0.25) is 14.5 Å². The van der Waals surface area contributed by atoms with Crippen LogP contribution in [-0.2, 0) is 11.3 Å². The molecule has 0 spiro atoms. The van der Waals surface area contributed by atoms with Crippen LogP contribution in [0.2, 0.25) is 0 Å². The number of aliphatic carboxylic acids is 1. The first kappa shape index (κ1) is 14.9. The van der Waals surface area contributed by atoms with Crippen molar-refractivity contribution in [3.05, 3.63) is 40.8 Å². The van der Waals surface area contributed by atoms with Gasteiger partial charge in [0.1, 0.15) is 12.4 Å². The van der Waals surface area contributed by atoms with Gasteiger partial charge in [0.05, 0.1) is 0 Å². The molecule has 0 unspecified atom stereocenters. The number of nitrogens with zero attached hydrogens (tertiary/aromatic N) is 2. The summed E-state index contributed by atoms with van der Waals surface area (Å²) in [6.45, 7) is -0.196. The number of nitrogens with two attached hydrogens (primary N) is 2. The molecule has 0 aliphatic heterocycles. The van der Waals surface area contributed by atoms with E-state index in [9.17, 15) is 9.59 Å². The molecular formula is C13H14N4O3S. The van der Waals surface area contributed by atoms with E-state index in [4.69, 9.17) is 16.6 Å². The quantitative estimate of drug-likeness (QED) is 0.754. The van der Waals surface area contributed by atoms with Crippen LogP contribution in [0.5, 0.6) is 0 Å². The number of hydrogen-bond acceptors (Lipinski definition) is 6. The molecule has 0 aliphatic rings. The third-order valence-electron chi connectivity index (χ3n) is 2.73. The standard InChI is InChI=1S/C13H14N4O3S/c14-5-8-2-1-3-9(4-8)12(20)17(6-11(18)19)10-7-21-13(15)16-10/h1-4,7H,5-6,14H2,(H2,15,16)(H,18,19). The summed E-state index contributed by atoms with van der Waals surface area (Å²) in [5.41, 5.74) is 12.2. The Morgan fingerprint density at radius 3 is 2.71 bits per heavy atom. The third kappa shape index (κ3) is 3.56. The van der Waals surface area contributed by atoms with E-state index in [2.05, 4.69) is 4.98 Å². The lowest BCUT2D eigenvalue weighted by Gasteiger charge is -2.18. The van der Waals surface area contributed by atoms with Crippen molar-refractivity contribution in [2.24, 2.45) is 5.73 Å². The van der Waals surface area contributed by atoms with E-state index in [1.165, 1.54) is 0 Å². The van der Waals surface area contributed by atoms with Gasteiger partial charge >= 0.3 is 5.97 Å². The van der Waals surface area contributed by atoms with E-state index in [0.717, 1.165) is 21.8 Å². The van der Waals surface area contributed by atoms with Crippen molar-refractivity contribution in [3.8, 4) is 0 Å². The molecule has 0 saturated heterocycles. The van der Waals surface area contributed by atoms with Crippen LogP contribution in [0, 0.1) is 0 Å². The highest BCUT2D eigenvalue weighted by Gasteiger charge is 2.22. The van der Waals surface area contributed by atoms with Crippen LogP contribution in [0.25, 0.3) is 0 Å². The molecule has 5 N–H and O–H groups in total. The predicted molar refractivity (Wildman–Crippen MR) is 80.2 cm³/mol. The van der Waals surface area contributed by atoms with Crippen LogP contribution in [-0.4, -0.2) is 28.5 Å². The lowest BCUT2D eigenvalue weighted by atomic mass is 10.1. The van der Waals surface area contributed by atoms with Crippen LogP contribution in [0.1, 0.15) is 15.9 Å². The number of rotatable bonds is 5. The molecule has 0 atom stereocenters. The molecule has 2 rings (SSSR count). The van der Waals surface area contributed by atoms with Crippen molar-refractivity contribution < 1.29 is 14.7 Å². The average Bonchev–Trinajstić information content (AvgIpc) is 2.90. The Morgan fingerprint density at radius 2 is 2.14 bits per heavy atom. The Balaban J connectivity index is 2.35. The number of carbonyl (C=O) groups is 2. The second-order valence-electron chi connectivity index (χ2n) is 4.23.